The molecule has 1 fully saturated rings. The van der Waals surface area contributed by atoms with Crippen LogP contribution in [-0.2, 0) is 4.74 Å². The zero-order valence-corrected chi connectivity index (χ0v) is 17.7. The van der Waals surface area contributed by atoms with E-state index in [1.807, 2.05) is 20.8 Å². The molecule has 0 saturated carbocycles. The Morgan fingerprint density at radius 3 is 2.36 bits per heavy atom. The van der Waals surface area contributed by atoms with E-state index < -0.39 is 11.7 Å². The Morgan fingerprint density at radius 2 is 1.75 bits per heavy atom. The van der Waals surface area contributed by atoms with Crippen molar-refractivity contribution < 1.29 is 14.3 Å². The third-order valence-electron chi connectivity index (χ3n) is 4.86. The summed E-state index contributed by atoms with van der Waals surface area (Å²) in [5, 5.41) is 5.63. The molecule has 2 N–H and O–H groups in total. The number of nitrogens with zero attached hydrogens (tertiary/aromatic N) is 1. The SMILES string of the molecule is CC1CCN(CCCCNC(=O)c2ccc(NC(=O)OC(C)(C)C)cc2)CC1. The summed E-state index contributed by atoms with van der Waals surface area (Å²) in [4.78, 5) is 26.5. The van der Waals surface area contributed by atoms with Crippen molar-refractivity contribution >= 4 is 17.7 Å². The van der Waals surface area contributed by atoms with Crippen molar-refractivity contribution in [3.05, 3.63) is 29.8 Å². The van der Waals surface area contributed by atoms with Gasteiger partial charge in [-0.1, -0.05) is 6.92 Å². The number of piperidine rings is 1. The lowest BCUT2D eigenvalue weighted by molar-refractivity contribution is 0.0635. The molecule has 6 heteroatoms. The van der Waals surface area contributed by atoms with Gasteiger partial charge in [0.25, 0.3) is 5.91 Å². The molecule has 28 heavy (non-hydrogen) atoms. The predicted molar refractivity (Wildman–Crippen MR) is 113 cm³/mol. The van der Waals surface area contributed by atoms with Crippen LogP contribution in [0.15, 0.2) is 24.3 Å². The number of amides is 2. The Morgan fingerprint density at radius 1 is 1.11 bits per heavy atom. The summed E-state index contributed by atoms with van der Waals surface area (Å²) in [6.07, 6.45) is 4.18. The maximum atomic E-state index is 12.2. The molecule has 0 radical (unpaired) electrons. The molecular weight excluding hydrogens is 354 g/mol. The average molecular weight is 390 g/mol. The second-order valence-corrected chi connectivity index (χ2v) is 8.69. The number of hydrogen-bond donors (Lipinski definition) is 2. The zero-order valence-electron chi connectivity index (χ0n) is 17.7. The minimum atomic E-state index is -0.545. The van der Waals surface area contributed by atoms with Crippen LogP contribution in [0.5, 0.6) is 0 Å². The van der Waals surface area contributed by atoms with Crippen LogP contribution in [0.4, 0.5) is 10.5 Å². The first-order valence-corrected chi connectivity index (χ1v) is 10.3. The number of anilines is 1. The second-order valence-electron chi connectivity index (χ2n) is 8.69. The number of likely N-dealkylation sites (tertiary alicyclic amines) is 1. The van der Waals surface area contributed by atoms with Gasteiger partial charge in [-0.2, -0.15) is 0 Å². The minimum absolute atomic E-state index is 0.0874. The summed E-state index contributed by atoms with van der Waals surface area (Å²) in [5.41, 5.74) is 0.637. The van der Waals surface area contributed by atoms with Gasteiger partial charge in [-0.25, -0.2) is 4.79 Å². The summed E-state index contributed by atoms with van der Waals surface area (Å²) in [7, 11) is 0. The fraction of sp³-hybridized carbons (Fsp3) is 0.636. The van der Waals surface area contributed by atoms with Crippen LogP contribution in [0.25, 0.3) is 0 Å². The Kier molecular flexibility index (Phi) is 8.30. The molecule has 1 aliphatic heterocycles. The van der Waals surface area contributed by atoms with Crippen molar-refractivity contribution in [2.45, 2.75) is 59.0 Å². The maximum absolute atomic E-state index is 12.2. The number of ether oxygens (including phenoxy) is 1. The van der Waals surface area contributed by atoms with Crippen molar-refractivity contribution in [1.29, 1.82) is 0 Å². The second kappa shape index (κ2) is 10.5. The predicted octanol–water partition coefficient (Wildman–Crippen LogP) is 4.28. The smallest absolute Gasteiger partial charge is 0.412 e. The zero-order chi connectivity index (χ0) is 20.6. The summed E-state index contributed by atoms with van der Waals surface area (Å²) in [6, 6.07) is 6.82. The summed E-state index contributed by atoms with van der Waals surface area (Å²) < 4.78 is 5.21. The quantitative estimate of drug-likeness (QED) is 0.683. The van der Waals surface area contributed by atoms with Crippen molar-refractivity contribution in [2.24, 2.45) is 5.92 Å². The molecule has 0 unspecified atom stereocenters. The van der Waals surface area contributed by atoms with E-state index in [1.54, 1.807) is 24.3 Å². The van der Waals surface area contributed by atoms with E-state index in [1.165, 1.54) is 25.9 Å². The molecule has 0 bridgehead atoms. The number of hydrogen-bond acceptors (Lipinski definition) is 4. The van der Waals surface area contributed by atoms with E-state index in [4.69, 9.17) is 4.74 Å². The summed E-state index contributed by atoms with van der Waals surface area (Å²) in [5.74, 6) is 0.775. The van der Waals surface area contributed by atoms with Gasteiger partial charge < -0.3 is 15.0 Å². The fourth-order valence-electron chi connectivity index (χ4n) is 3.18. The molecule has 1 aromatic carbocycles. The first-order chi connectivity index (χ1) is 13.2. The van der Waals surface area contributed by atoms with Crippen LogP contribution in [0, 0.1) is 5.92 Å². The third-order valence-corrected chi connectivity index (χ3v) is 4.86. The standard InChI is InChI=1S/C22H35N3O3/c1-17-11-15-25(16-12-17)14-6-5-13-23-20(26)18-7-9-19(10-8-18)24-21(27)28-22(2,3)4/h7-10,17H,5-6,11-16H2,1-4H3,(H,23,26)(H,24,27). The highest BCUT2D eigenvalue weighted by molar-refractivity contribution is 5.95. The molecule has 0 atom stereocenters. The lowest BCUT2D eigenvalue weighted by Crippen LogP contribution is -2.34. The largest absolute Gasteiger partial charge is 0.444 e. The van der Waals surface area contributed by atoms with Crippen molar-refractivity contribution in [1.82, 2.24) is 10.2 Å². The fourth-order valence-corrected chi connectivity index (χ4v) is 3.18. The molecule has 1 aromatic rings. The Bertz CT molecular complexity index is 629. The number of unbranched alkanes of at least 4 members (excludes halogenated alkanes) is 1. The van der Waals surface area contributed by atoms with E-state index in [-0.39, 0.29) is 5.91 Å². The van der Waals surface area contributed by atoms with E-state index in [0.29, 0.717) is 17.8 Å². The Labute approximate surface area is 169 Å². The summed E-state index contributed by atoms with van der Waals surface area (Å²) in [6.45, 7) is 12.0. The van der Waals surface area contributed by atoms with E-state index in [2.05, 4.69) is 22.5 Å². The van der Waals surface area contributed by atoms with Crippen molar-refractivity contribution in [3.63, 3.8) is 0 Å². The summed E-state index contributed by atoms with van der Waals surface area (Å²) >= 11 is 0. The molecule has 2 rings (SSSR count). The van der Waals surface area contributed by atoms with E-state index in [0.717, 1.165) is 25.3 Å². The number of carbonyl (C=O) groups excluding carboxylic acids is 2. The van der Waals surface area contributed by atoms with Gasteiger partial charge in [0.05, 0.1) is 0 Å². The lowest BCUT2D eigenvalue weighted by Gasteiger charge is -2.30. The highest BCUT2D eigenvalue weighted by atomic mass is 16.6. The molecule has 1 saturated heterocycles. The van der Waals surface area contributed by atoms with Gasteiger partial charge in [0, 0.05) is 17.8 Å². The van der Waals surface area contributed by atoms with E-state index >= 15 is 0 Å². The number of benzene rings is 1. The van der Waals surface area contributed by atoms with Crippen LogP contribution in [0.1, 0.15) is 63.7 Å². The number of carbonyl (C=O) groups is 2. The van der Waals surface area contributed by atoms with Gasteiger partial charge in [-0.15, -0.1) is 0 Å². The Balaban J connectivity index is 1.65. The van der Waals surface area contributed by atoms with Gasteiger partial charge >= 0.3 is 6.09 Å². The van der Waals surface area contributed by atoms with Crippen molar-refractivity contribution in [2.75, 3.05) is 31.5 Å². The van der Waals surface area contributed by atoms with Gasteiger partial charge in [0.15, 0.2) is 0 Å². The van der Waals surface area contributed by atoms with Crippen LogP contribution in [-0.4, -0.2) is 48.7 Å². The minimum Gasteiger partial charge on any atom is -0.444 e. The van der Waals surface area contributed by atoms with Gasteiger partial charge in [0.2, 0.25) is 0 Å². The third kappa shape index (κ3) is 8.30. The molecule has 0 aromatic heterocycles. The van der Waals surface area contributed by atoms with E-state index in [9.17, 15) is 9.59 Å². The van der Waals surface area contributed by atoms with Gasteiger partial charge in [-0.3, -0.25) is 10.1 Å². The highest BCUT2D eigenvalue weighted by Gasteiger charge is 2.16. The average Bonchev–Trinajstić information content (AvgIpc) is 2.62. The molecule has 6 nitrogen and oxygen atoms in total. The van der Waals surface area contributed by atoms with Gasteiger partial charge in [0.1, 0.15) is 5.60 Å². The Hall–Kier alpha value is -2.08. The molecule has 1 heterocycles. The van der Waals surface area contributed by atoms with Crippen LogP contribution in [0.3, 0.4) is 0 Å². The van der Waals surface area contributed by atoms with Crippen molar-refractivity contribution in [3.8, 4) is 0 Å². The number of nitrogens with one attached hydrogen (secondary N) is 2. The molecule has 0 aliphatic carbocycles. The topological polar surface area (TPSA) is 70.7 Å². The highest BCUT2D eigenvalue weighted by Crippen LogP contribution is 2.16. The first-order valence-electron chi connectivity index (χ1n) is 10.3. The number of rotatable bonds is 7. The molecule has 1 aliphatic rings. The monoisotopic (exact) mass is 389 g/mol. The molecule has 156 valence electrons. The lowest BCUT2D eigenvalue weighted by atomic mass is 9.99. The van der Waals surface area contributed by atoms with Crippen LogP contribution >= 0.6 is 0 Å². The molecular formula is C22H35N3O3. The normalized spacial score (nSPS) is 15.9. The van der Waals surface area contributed by atoms with Crippen LogP contribution < -0.4 is 10.6 Å². The van der Waals surface area contributed by atoms with Crippen LogP contribution in [0.2, 0.25) is 0 Å². The first kappa shape index (κ1) is 22.2. The molecule has 2 amide bonds. The van der Waals surface area contributed by atoms with Gasteiger partial charge in [-0.05, 0) is 96.3 Å². The molecule has 0 spiro atoms. The maximum Gasteiger partial charge on any atom is 0.412 e.